The van der Waals surface area contributed by atoms with Crippen molar-refractivity contribution in [2.75, 3.05) is 0 Å². The molecule has 1 aromatic carbocycles. The van der Waals surface area contributed by atoms with Crippen LogP contribution >= 0.6 is 27.3 Å². The topological polar surface area (TPSA) is 12.0 Å². The van der Waals surface area contributed by atoms with Crippen molar-refractivity contribution in [2.45, 2.75) is 31.8 Å². The first-order valence-electron chi connectivity index (χ1n) is 6.79. The van der Waals surface area contributed by atoms with Crippen molar-refractivity contribution in [3.63, 3.8) is 0 Å². The number of rotatable bonds is 5. The first-order chi connectivity index (χ1) is 9.24. The Morgan fingerprint density at radius 2 is 1.95 bits per heavy atom. The van der Waals surface area contributed by atoms with Crippen LogP contribution in [-0.2, 0) is 0 Å². The highest BCUT2D eigenvalue weighted by atomic mass is 79.9. The Morgan fingerprint density at radius 1 is 1.21 bits per heavy atom. The zero-order chi connectivity index (χ0) is 13.2. The van der Waals surface area contributed by atoms with Crippen molar-refractivity contribution < 1.29 is 0 Å². The molecule has 0 saturated heterocycles. The van der Waals surface area contributed by atoms with E-state index in [0.29, 0.717) is 12.1 Å². The summed E-state index contributed by atoms with van der Waals surface area (Å²) in [5, 5.41) is 5.99. The van der Waals surface area contributed by atoms with E-state index in [-0.39, 0.29) is 0 Å². The SMILES string of the molecule is CC(NC(c1cccs1)C1CC1)c1ccc(Br)cc1. The molecule has 1 aliphatic carbocycles. The Kier molecular flexibility index (Phi) is 4.06. The number of halogens is 1. The zero-order valence-corrected chi connectivity index (χ0v) is 13.4. The number of hydrogen-bond donors (Lipinski definition) is 1. The van der Waals surface area contributed by atoms with Gasteiger partial charge in [-0.3, -0.25) is 0 Å². The molecule has 0 spiro atoms. The average molecular weight is 336 g/mol. The molecule has 1 nitrogen and oxygen atoms in total. The van der Waals surface area contributed by atoms with Crippen LogP contribution in [0.1, 0.15) is 42.3 Å². The van der Waals surface area contributed by atoms with Crippen LogP contribution < -0.4 is 5.32 Å². The predicted octanol–water partition coefficient (Wildman–Crippen LogP) is 5.31. The molecule has 19 heavy (non-hydrogen) atoms. The van der Waals surface area contributed by atoms with E-state index < -0.39 is 0 Å². The fraction of sp³-hybridized carbons (Fsp3) is 0.375. The third-order valence-electron chi connectivity index (χ3n) is 3.74. The molecule has 1 heterocycles. The maximum absolute atomic E-state index is 3.81. The molecule has 2 unspecified atom stereocenters. The second kappa shape index (κ2) is 5.78. The minimum Gasteiger partial charge on any atom is -0.302 e. The Bertz CT molecular complexity index is 516. The smallest absolute Gasteiger partial charge is 0.0448 e. The summed E-state index contributed by atoms with van der Waals surface area (Å²) in [4.78, 5) is 1.48. The fourth-order valence-corrected chi connectivity index (χ4v) is 3.61. The molecular weight excluding hydrogens is 318 g/mol. The fourth-order valence-electron chi connectivity index (χ4n) is 2.47. The van der Waals surface area contributed by atoms with Gasteiger partial charge in [0.15, 0.2) is 0 Å². The summed E-state index contributed by atoms with van der Waals surface area (Å²) < 4.78 is 1.14. The lowest BCUT2D eigenvalue weighted by Gasteiger charge is -2.23. The summed E-state index contributed by atoms with van der Waals surface area (Å²) in [6.45, 7) is 2.26. The molecule has 1 fully saturated rings. The van der Waals surface area contributed by atoms with Crippen LogP contribution in [0.5, 0.6) is 0 Å². The minimum absolute atomic E-state index is 0.390. The molecule has 2 aromatic rings. The van der Waals surface area contributed by atoms with Crippen molar-refractivity contribution in [1.82, 2.24) is 5.32 Å². The van der Waals surface area contributed by atoms with Crippen molar-refractivity contribution in [3.05, 3.63) is 56.7 Å². The highest BCUT2D eigenvalue weighted by Crippen LogP contribution is 2.43. The van der Waals surface area contributed by atoms with Crippen LogP contribution in [0.3, 0.4) is 0 Å². The Hall–Kier alpha value is -0.640. The van der Waals surface area contributed by atoms with E-state index in [1.54, 1.807) is 0 Å². The zero-order valence-electron chi connectivity index (χ0n) is 11.0. The van der Waals surface area contributed by atoms with Crippen LogP contribution in [0.15, 0.2) is 46.3 Å². The van der Waals surface area contributed by atoms with Gasteiger partial charge in [-0.2, -0.15) is 0 Å². The Labute approximate surface area is 127 Å². The Morgan fingerprint density at radius 3 is 2.53 bits per heavy atom. The summed E-state index contributed by atoms with van der Waals surface area (Å²) in [6, 6.07) is 14.0. The summed E-state index contributed by atoms with van der Waals surface area (Å²) in [5.74, 6) is 0.830. The van der Waals surface area contributed by atoms with Crippen molar-refractivity contribution in [1.29, 1.82) is 0 Å². The molecule has 0 bridgehead atoms. The van der Waals surface area contributed by atoms with Gasteiger partial charge in [-0.15, -0.1) is 11.3 Å². The molecule has 3 heteroatoms. The lowest BCUT2D eigenvalue weighted by Crippen LogP contribution is -2.25. The number of nitrogens with one attached hydrogen (secondary N) is 1. The Balaban J connectivity index is 1.73. The van der Waals surface area contributed by atoms with E-state index in [9.17, 15) is 0 Å². The lowest BCUT2D eigenvalue weighted by molar-refractivity contribution is 0.433. The molecule has 1 aromatic heterocycles. The maximum Gasteiger partial charge on any atom is 0.0448 e. The monoisotopic (exact) mass is 335 g/mol. The molecule has 1 saturated carbocycles. The summed E-state index contributed by atoms with van der Waals surface area (Å²) >= 11 is 5.36. The predicted molar refractivity (Wildman–Crippen MR) is 85.5 cm³/mol. The largest absolute Gasteiger partial charge is 0.302 e. The van der Waals surface area contributed by atoms with Crippen LogP contribution in [-0.4, -0.2) is 0 Å². The highest BCUT2D eigenvalue weighted by molar-refractivity contribution is 9.10. The number of benzene rings is 1. The van der Waals surface area contributed by atoms with Gasteiger partial charge in [-0.1, -0.05) is 34.1 Å². The van der Waals surface area contributed by atoms with Crippen molar-refractivity contribution in [2.24, 2.45) is 5.92 Å². The van der Waals surface area contributed by atoms with E-state index in [0.717, 1.165) is 10.4 Å². The standard InChI is InChI=1S/C16H18BrNS/c1-11(12-6-8-14(17)9-7-12)18-16(13-4-5-13)15-3-2-10-19-15/h2-3,6-11,13,16,18H,4-5H2,1H3. The second-order valence-corrected chi connectivity index (χ2v) is 7.17. The minimum atomic E-state index is 0.390. The van der Waals surface area contributed by atoms with Gasteiger partial charge in [0.05, 0.1) is 0 Å². The molecule has 2 atom stereocenters. The normalized spacial score (nSPS) is 18.2. The van der Waals surface area contributed by atoms with E-state index in [1.165, 1.54) is 23.3 Å². The van der Waals surface area contributed by atoms with Gasteiger partial charge in [0.1, 0.15) is 0 Å². The van der Waals surface area contributed by atoms with Gasteiger partial charge < -0.3 is 5.32 Å². The van der Waals surface area contributed by atoms with Crippen molar-refractivity contribution >= 4 is 27.3 Å². The quantitative estimate of drug-likeness (QED) is 0.780. The maximum atomic E-state index is 3.81. The van der Waals surface area contributed by atoms with Crippen molar-refractivity contribution in [3.8, 4) is 0 Å². The van der Waals surface area contributed by atoms with E-state index in [2.05, 4.69) is 69.9 Å². The molecule has 0 aliphatic heterocycles. The number of thiophene rings is 1. The van der Waals surface area contributed by atoms with Crippen LogP contribution in [0.2, 0.25) is 0 Å². The first kappa shape index (κ1) is 13.3. The lowest BCUT2D eigenvalue weighted by atomic mass is 10.0. The van der Waals surface area contributed by atoms with Crippen LogP contribution in [0.25, 0.3) is 0 Å². The third kappa shape index (κ3) is 3.28. The van der Waals surface area contributed by atoms with Gasteiger partial charge in [0, 0.05) is 21.4 Å². The molecule has 1 N–H and O–H groups in total. The third-order valence-corrected chi connectivity index (χ3v) is 5.23. The van der Waals surface area contributed by atoms with E-state index in [1.807, 2.05) is 11.3 Å². The second-order valence-electron chi connectivity index (χ2n) is 5.27. The molecule has 0 amide bonds. The van der Waals surface area contributed by atoms with Gasteiger partial charge in [0.25, 0.3) is 0 Å². The molecule has 1 aliphatic rings. The highest BCUT2D eigenvalue weighted by Gasteiger charge is 2.33. The molecule has 0 radical (unpaired) electrons. The van der Waals surface area contributed by atoms with Gasteiger partial charge in [-0.05, 0) is 54.8 Å². The summed E-state index contributed by atoms with van der Waals surface area (Å²) in [5.41, 5.74) is 1.35. The van der Waals surface area contributed by atoms with E-state index in [4.69, 9.17) is 0 Å². The van der Waals surface area contributed by atoms with Crippen LogP contribution in [0, 0.1) is 5.92 Å². The molecular formula is C16H18BrNS. The van der Waals surface area contributed by atoms with Crippen LogP contribution in [0.4, 0.5) is 0 Å². The van der Waals surface area contributed by atoms with Gasteiger partial charge >= 0.3 is 0 Å². The first-order valence-corrected chi connectivity index (χ1v) is 8.46. The van der Waals surface area contributed by atoms with E-state index >= 15 is 0 Å². The summed E-state index contributed by atoms with van der Waals surface area (Å²) in [7, 11) is 0. The summed E-state index contributed by atoms with van der Waals surface area (Å²) in [6.07, 6.45) is 2.73. The average Bonchev–Trinajstić information content (AvgIpc) is 3.11. The number of hydrogen-bond acceptors (Lipinski definition) is 2. The molecule has 100 valence electrons. The van der Waals surface area contributed by atoms with Gasteiger partial charge in [-0.25, -0.2) is 0 Å². The molecule has 3 rings (SSSR count). The van der Waals surface area contributed by atoms with Gasteiger partial charge in [0.2, 0.25) is 0 Å².